The van der Waals surface area contributed by atoms with Gasteiger partial charge in [0, 0.05) is 17.1 Å². The Morgan fingerprint density at radius 3 is 2.95 bits per heavy atom. The van der Waals surface area contributed by atoms with Gasteiger partial charge in [0.2, 0.25) is 0 Å². The molecule has 0 unspecified atom stereocenters. The van der Waals surface area contributed by atoms with Crippen LogP contribution in [0.5, 0.6) is 0 Å². The third-order valence-electron chi connectivity index (χ3n) is 3.40. The predicted octanol–water partition coefficient (Wildman–Crippen LogP) is 3.54. The topological polar surface area (TPSA) is 41.0 Å². The zero-order valence-corrected chi connectivity index (χ0v) is 11.4. The maximum absolute atomic E-state index is 13.1. The summed E-state index contributed by atoms with van der Waals surface area (Å²) < 4.78 is 18.6. The number of hydrogen-bond acceptors (Lipinski definition) is 2. The molecule has 2 aromatic heterocycles. The van der Waals surface area contributed by atoms with E-state index in [0.717, 1.165) is 41.9 Å². The molecule has 0 saturated heterocycles. The van der Waals surface area contributed by atoms with Gasteiger partial charge < -0.3 is 14.7 Å². The second kappa shape index (κ2) is 5.51. The second-order valence-electron chi connectivity index (χ2n) is 4.94. The van der Waals surface area contributed by atoms with E-state index in [1.807, 2.05) is 31.3 Å². The lowest BCUT2D eigenvalue weighted by molar-refractivity contribution is 0.463. The lowest BCUT2D eigenvalue weighted by Gasteiger charge is -2.02. The van der Waals surface area contributed by atoms with Gasteiger partial charge in [0.1, 0.15) is 17.3 Å². The van der Waals surface area contributed by atoms with Crippen molar-refractivity contribution in [3.8, 4) is 0 Å². The van der Waals surface area contributed by atoms with Crippen LogP contribution in [0.4, 0.5) is 4.39 Å². The number of rotatable bonds is 5. The molecule has 3 aromatic rings. The van der Waals surface area contributed by atoms with Crippen LogP contribution in [-0.2, 0) is 13.0 Å². The fourth-order valence-corrected chi connectivity index (χ4v) is 2.38. The molecule has 0 bridgehead atoms. The molecule has 2 N–H and O–H groups in total. The highest BCUT2D eigenvalue weighted by atomic mass is 19.1. The van der Waals surface area contributed by atoms with E-state index in [9.17, 15) is 4.39 Å². The molecule has 20 heavy (non-hydrogen) atoms. The van der Waals surface area contributed by atoms with Crippen LogP contribution < -0.4 is 5.32 Å². The number of aryl methyl sites for hydroxylation is 1. The highest BCUT2D eigenvalue weighted by Gasteiger charge is 2.04. The first-order valence-corrected chi connectivity index (χ1v) is 6.74. The molecule has 3 nitrogen and oxygen atoms in total. The number of nitrogens with one attached hydrogen (secondary N) is 2. The van der Waals surface area contributed by atoms with Gasteiger partial charge in [0.25, 0.3) is 0 Å². The molecule has 0 fully saturated rings. The molecule has 3 rings (SSSR count). The fourth-order valence-electron chi connectivity index (χ4n) is 2.38. The number of aromatic nitrogens is 1. The summed E-state index contributed by atoms with van der Waals surface area (Å²) in [6, 6.07) is 8.80. The van der Waals surface area contributed by atoms with E-state index in [-0.39, 0.29) is 5.82 Å². The highest BCUT2D eigenvalue weighted by Crippen LogP contribution is 2.19. The van der Waals surface area contributed by atoms with Gasteiger partial charge >= 0.3 is 0 Å². The van der Waals surface area contributed by atoms with Gasteiger partial charge in [0.15, 0.2) is 0 Å². The van der Waals surface area contributed by atoms with Crippen molar-refractivity contribution >= 4 is 10.9 Å². The standard InChI is InChI=1S/C16H17FN2O/c1-11-2-4-14(20-11)10-18-7-6-12-9-19-16-8-13(17)3-5-15(12)16/h2-5,8-9,18-19H,6-7,10H2,1H3. The van der Waals surface area contributed by atoms with E-state index < -0.39 is 0 Å². The van der Waals surface area contributed by atoms with Crippen molar-refractivity contribution in [2.45, 2.75) is 19.9 Å². The first-order valence-electron chi connectivity index (χ1n) is 6.74. The summed E-state index contributed by atoms with van der Waals surface area (Å²) in [6.45, 7) is 3.52. The number of H-pyrrole nitrogens is 1. The van der Waals surface area contributed by atoms with Crippen LogP contribution >= 0.6 is 0 Å². The van der Waals surface area contributed by atoms with E-state index in [1.165, 1.54) is 17.7 Å². The van der Waals surface area contributed by atoms with E-state index in [4.69, 9.17) is 4.42 Å². The largest absolute Gasteiger partial charge is 0.465 e. The van der Waals surface area contributed by atoms with Crippen molar-refractivity contribution in [1.82, 2.24) is 10.3 Å². The SMILES string of the molecule is Cc1ccc(CNCCc2c[nH]c3cc(F)ccc23)o1. The highest BCUT2D eigenvalue weighted by molar-refractivity contribution is 5.83. The Morgan fingerprint density at radius 1 is 1.25 bits per heavy atom. The molecule has 104 valence electrons. The first kappa shape index (κ1) is 12.9. The Morgan fingerprint density at radius 2 is 2.15 bits per heavy atom. The van der Waals surface area contributed by atoms with Crippen LogP contribution in [0.3, 0.4) is 0 Å². The van der Waals surface area contributed by atoms with Crippen molar-refractivity contribution in [2.24, 2.45) is 0 Å². The molecule has 0 radical (unpaired) electrons. The third-order valence-corrected chi connectivity index (χ3v) is 3.40. The summed E-state index contributed by atoms with van der Waals surface area (Å²) in [5.74, 6) is 1.67. The number of aromatic amines is 1. The van der Waals surface area contributed by atoms with Gasteiger partial charge in [-0.2, -0.15) is 0 Å². The van der Waals surface area contributed by atoms with E-state index in [2.05, 4.69) is 10.3 Å². The second-order valence-corrected chi connectivity index (χ2v) is 4.94. The zero-order chi connectivity index (χ0) is 13.9. The molecule has 0 saturated carbocycles. The number of hydrogen-bond donors (Lipinski definition) is 2. The molecule has 0 aliphatic carbocycles. The van der Waals surface area contributed by atoms with Gasteiger partial charge in [-0.3, -0.25) is 0 Å². The molecular weight excluding hydrogens is 255 g/mol. The van der Waals surface area contributed by atoms with Gasteiger partial charge in [-0.15, -0.1) is 0 Å². The normalized spacial score (nSPS) is 11.3. The predicted molar refractivity (Wildman–Crippen MR) is 77.1 cm³/mol. The van der Waals surface area contributed by atoms with Crippen LogP contribution in [0.2, 0.25) is 0 Å². The Kier molecular flexibility index (Phi) is 3.56. The molecular formula is C16H17FN2O. The van der Waals surface area contributed by atoms with Gasteiger partial charge in [-0.25, -0.2) is 4.39 Å². The van der Waals surface area contributed by atoms with Crippen molar-refractivity contribution in [1.29, 1.82) is 0 Å². The number of fused-ring (bicyclic) bond motifs is 1. The summed E-state index contributed by atoms with van der Waals surface area (Å²) in [6.07, 6.45) is 2.84. The van der Waals surface area contributed by atoms with Gasteiger partial charge in [-0.05, 0) is 55.8 Å². The minimum atomic E-state index is -0.211. The van der Waals surface area contributed by atoms with Crippen molar-refractivity contribution < 1.29 is 8.81 Å². The molecule has 0 spiro atoms. The van der Waals surface area contributed by atoms with Gasteiger partial charge in [0.05, 0.1) is 6.54 Å². The monoisotopic (exact) mass is 272 g/mol. The molecule has 2 heterocycles. The fraction of sp³-hybridized carbons (Fsp3) is 0.250. The number of halogens is 1. The minimum absolute atomic E-state index is 0.211. The maximum Gasteiger partial charge on any atom is 0.125 e. The van der Waals surface area contributed by atoms with Crippen LogP contribution in [0, 0.1) is 12.7 Å². The third kappa shape index (κ3) is 2.75. The maximum atomic E-state index is 13.1. The summed E-state index contributed by atoms with van der Waals surface area (Å²) in [7, 11) is 0. The van der Waals surface area contributed by atoms with Crippen molar-refractivity contribution in [2.75, 3.05) is 6.54 Å². The lowest BCUT2D eigenvalue weighted by Crippen LogP contribution is -2.16. The van der Waals surface area contributed by atoms with E-state index in [1.54, 1.807) is 0 Å². The summed E-state index contributed by atoms with van der Waals surface area (Å²) in [5, 5.41) is 4.43. The Labute approximate surface area is 116 Å². The Bertz CT molecular complexity index is 714. The average Bonchev–Trinajstić information content (AvgIpc) is 3.01. The summed E-state index contributed by atoms with van der Waals surface area (Å²) >= 11 is 0. The minimum Gasteiger partial charge on any atom is -0.465 e. The number of benzene rings is 1. The quantitative estimate of drug-likeness (QED) is 0.697. The van der Waals surface area contributed by atoms with Crippen LogP contribution in [0.15, 0.2) is 40.9 Å². The molecule has 0 atom stereocenters. The van der Waals surface area contributed by atoms with Crippen LogP contribution in [0.1, 0.15) is 17.1 Å². The van der Waals surface area contributed by atoms with Gasteiger partial charge in [-0.1, -0.05) is 0 Å². The summed E-state index contributed by atoms with van der Waals surface area (Å²) in [4.78, 5) is 3.10. The number of furan rings is 1. The van der Waals surface area contributed by atoms with Crippen LogP contribution in [-0.4, -0.2) is 11.5 Å². The molecule has 4 heteroatoms. The molecule has 0 amide bonds. The molecule has 0 aliphatic rings. The zero-order valence-electron chi connectivity index (χ0n) is 11.4. The van der Waals surface area contributed by atoms with Crippen molar-refractivity contribution in [3.05, 3.63) is 59.4 Å². The van der Waals surface area contributed by atoms with E-state index >= 15 is 0 Å². The lowest BCUT2D eigenvalue weighted by atomic mass is 10.1. The smallest absolute Gasteiger partial charge is 0.125 e. The average molecular weight is 272 g/mol. The van der Waals surface area contributed by atoms with E-state index in [0.29, 0.717) is 0 Å². The molecule has 0 aliphatic heterocycles. The van der Waals surface area contributed by atoms with Crippen LogP contribution in [0.25, 0.3) is 10.9 Å². The Hall–Kier alpha value is -2.07. The van der Waals surface area contributed by atoms with Crippen molar-refractivity contribution in [3.63, 3.8) is 0 Å². The summed E-state index contributed by atoms with van der Waals surface area (Å²) in [5.41, 5.74) is 2.05. The molecule has 1 aromatic carbocycles. The Balaban J connectivity index is 1.57. The first-order chi connectivity index (χ1) is 9.72.